The minimum atomic E-state index is -0.633. The fourth-order valence-corrected chi connectivity index (χ4v) is 3.65. The van der Waals surface area contributed by atoms with Gasteiger partial charge in [0.05, 0.1) is 0 Å². The van der Waals surface area contributed by atoms with Gasteiger partial charge in [-0.05, 0) is 68.0 Å². The number of rotatable bonds is 8. The number of anilines is 1. The van der Waals surface area contributed by atoms with Crippen LogP contribution in [0.3, 0.4) is 0 Å². The number of aromatic nitrogens is 1. The number of hydrogen-bond donors (Lipinski definition) is 2. The van der Waals surface area contributed by atoms with Crippen LogP contribution >= 0.6 is 0 Å². The van der Waals surface area contributed by atoms with Crippen molar-refractivity contribution >= 4 is 17.6 Å². The molecule has 0 spiro atoms. The van der Waals surface area contributed by atoms with E-state index in [1.54, 1.807) is 36.4 Å². The number of pyridine rings is 1. The summed E-state index contributed by atoms with van der Waals surface area (Å²) in [6, 6.07) is 18.1. The molecule has 1 aliphatic heterocycles. The average Bonchev–Trinajstić information content (AvgIpc) is 3.30. The first-order chi connectivity index (χ1) is 16.4. The third-order valence-corrected chi connectivity index (χ3v) is 5.45. The van der Waals surface area contributed by atoms with Gasteiger partial charge in [0.15, 0.2) is 0 Å². The molecule has 4 rings (SSSR count). The number of carbonyl (C=O) groups is 2. The van der Waals surface area contributed by atoms with Gasteiger partial charge in [-0.3, -0.25) is 9.59 Å². The molecule has 2 aromatic carbocycles. The molecule has 0 saturated carbocycles. The standard InChI is InChI=1S/C26H26N4O4/c1-3-24(31)28-18-14-15-30(16-18)23-13-12-22(25(27)32)26(29-23)34-21-10-8-20(9-11-21)33-19-6-4-17(2)5-7-19/h3-13,18H,1,14-16H2,2H3,(H2,27,32)(H,28,31)/t18-/m0/s1. The number of benzene rings is 2. The highest BCUT2D eigenvalue weighted by atomic mass is 16.5. The van der Waals surface area contributed by atoms with Crippen molar-refractivity contribution in [1.82, 2.24) is 10.3 Å². The molecular formula is C26H26N4O4. The van der Waals surface area contributed by atoms with E-state index in [1.165, 1.54) is 6.08 Å². The van der Waals surface area contributed by atoms with Gasteiger partial charge in [-0.15, -0.1) is 0 Å². The first-order valence-corrected chi connectivity index (χ1v) is 10.9. The van der Waals surface area contributed by atoms with E-state index in [2.05, 4.69) is 16.9 Å². The molecule has 3 aromatic rings. The molecule has 0 aliphatic carbocycles. The summed E-state index contributed by atoms with van der Waals surface area (Å²) in [5.41, 5.74) is 6.87. The smallest absolute Gasteiger partial charge is 0.254 e. The van der Waals surface area contributed by atoms with Crippen LogP contribution in [0.25, 0.3) is 0 Å². The number of nitrogens with one attached hydrogen (secondary N) is 1. The van der Waals surface area contributed by atoms with Crippen molar-refractivity contribution in [2.75, 3.05) is 18.0 Å². The second kappa shape index (κ2) is 10.1. The van der Waals surface area contributed by atoms with Crippen molar-refractivity contribution in [2.45, 2.75) is 19.4 Å². The van der Waals surface area contributed by atoms with Crippen LogP contribution in [0.5, 0.6) is 23.1 Å². The van der Waals surface area contributed by atoms with Crippen LogP contribution in [-0.4, -0.2) is 35.9 Å². The summed E-state index contributed by atoms with van der Waals surface area (Å²) in [6.45, 7) is 6.79. The predicted octanol–water partition coefficient (Wildman–Crippen LogP) is 3.95. The van der Waals surface area contributed by atoms with Gasteiger partial charge in [0.1, 0.15) is 28.6 Å². The second-order valence-corrected chi connectivity index (χ2v) is 8.02. The van der Waals surface area contributed by atoms with Crippen molar-refractivity contribution in [3.05, 3.63) is 84.4 Å². The summed E-state index contributed by atoms with van der Waals surface area (Å²) in [7, 11) is 0. The summed E-state index contributed by atoms with van der Waals surface area (Å²) in [5, 5.41) is 2.89. The Labute approximate surface area is 198 Å². The molecule has 2 heterocycles. The van der Waals surface area contributed by atoms with E-state index in [9.17, 15) is 9.59 Å². The van der Waals surface area contributed by atoms with Crippen LogP contribution in [0.4, 0.5) is 5.82 Å². The summed E-state index contributed by atoms with van der Waals surface area (Å²) in [6.07, 6.45) is 2.03. The monoisotopic (exact) mass is 458 g/mol. The molecule has 8 heteroatoms. The summed E-state index contributed by atoms with van der Waals surface area (Å²) < 4.78 is 11.8. The van der Waals surface area contributed by atoms with Gasteiger partial charge < -0.3 is 25.4 Å². The Morgan fingerprint density at radius 3 is 2.26 bits per heavy atom. The molecule has 34 heavy (non-hydrogen) atoms. The minimum Gasteiger partial charge on any atom is -0.457 e. The molecular weight excluding hydrogens is 432 g/mol. The summed E-state index contributed by atoms with van der Waals surface area (Å²) in [5.74, 6) is 1.79. The van der Waals surface area contributed by atoms with Crippen molar-refractivity contribution < 1.29 is 19.1 Å². The van der Waals surface area contributed by atoms with Crippen molar-refractivity contribution in [3.63, 3.8) is 0 Å². The average molecular weight is 459 g/mol. The molecule has 2 amide bonds. The molecule has 0 bridgehead atoms. The molecule has 1 fully saturated rings. The third kappa shape index (κ3) is 5.53. The lowest BCUT2D eigenvalue weighted by Gasteiger charge is -2.19. The predicted molar refractivity (Wildman–Crippen MR) is 129 cm³/mol. The molecule has 174 valence electrons. The molecule has 1 aliphatic rings. The zero-order valence-electron chi connectivity index (χ0n) is 18.9. The van der Waals surface area contributed by atoms with Crippen LogP contribution < -0.4 is 25.4 Å². The third-order valence-electron chi connectivity index (χ3n) is 5.45. The Morgan fingerprint density at radius 1 is 1.03 bits per heavy atom. The lowest BCUT2D eigenvalue weighted by atomic mass is 10.2. The highest BCUT2D eigenvalue weighted by Crippen LogP contribution is 2.30. The van der Waals surface area contributed by atoms with E-state index in [0.29, 0.717) is 30.4 Å². The van der Waals surface area contributed by atoms with E-state index in [0.717, 1.165) is 17.7 Å². The number of carbonyl (C=O) groups excluding carboxylic acids is 2. The number of primary amides is 1. The quantitative estimate of drug-likeness (QED) is 0.495. The molecule has 1 atom stereocenters. The van der Waals surface area contributed by atoms with Crippen LogP contribution in [0.15, 0.2) is 73.3 Å². The molecule has 0 radical (unpaired) electrons. The van der Waals surface area contributed by atoms with Gasteiger partial charge in [-0.2, -0.15) is 4.98 Å². The number of nitrogens with two attached hydrogens (primary N) is 1. The topological polar surface area (TPSA) is 107 Å². The maximum Gasteiger partial charge on any atom is 0.254 e. The van der Waals surface area contributed by atoms with E-state index in [1.807, 2.05) is 36.1 Å². The maximum atomic E-state index is 11.9. The van der Waals surface area contributed by atoms with Gasteiger partial charge in [-0.1, -0.05) is 24.3 Å². The van der Waals surface area contributed by atoms with E-state index in [-0.39, 0.29) is 23.4 Å². The Balaban J connectivity index is 1.48. The molecule has 3 N–H and O–H groups in total. The lowest BCUT2D eigenvalue weighted by molar-refractivity contribution is -0.117. The first kappa shape index (κ1) is 22.8. The zero-order valence-corrected chi connectivity index (χ0v) is 18.9. The van der Waals surface area contributed by atoms with Crippen LogP contribution in [-0.2, 0) is 4.79 Å². The summed E-state index contributed by atoms with van der Waals surface area (Å²) >= 11 is 0. The number of nitrogens with zero attached hydrogens (tertiary/aromatic N) is 2. The Morgan fingerprint density at radius 2 is 1.65 bits per heavy atom. The van der Waals surface area contributed by atoms with Crippen LogP contribution in [0.2, 0.25) is 0 Å². The molecule has 1 aromatic heterocycles. The Bertz CT molecular complexity index is 1190. The second-order valence-electron chi connectivity index (χ2n) is 8.02. The highest BCUT2D eigenvalue weighted by molar-refractivity contribution is 5.95. The lowest BCUT2D eigenvalue weighted by Crippen LogP contribution is -2.36. The zero-order chi connectivity index (χ0) is 24.1. The van der Waals surface area contributed by atoms with E-state index in [4.69, 9.17) is 15.2 Å². The molecule has 8 nitrogen and oxygen atoms in total. The highest BCUT2D eigenvalue weighted by Gasteiger charge is 2.25. The van der Waals surface area contributed by atoms with Gasteiger partial charge >= 0.3 is 0 Å². The Hall–Kier alpha value is -4.33. The van der Waals surface area contributed by atoms with Crippen LogP contribution in [0.1, 0.15) is 22.3 Å². The fourth-order valence-electron chi connectivity index (χ4n) is 3.65. The summed E-state index contributed by atoms with van der Waals surface area (Å²) in [4.78, 5) is 30.1. The van der Waals surface area contributed by atoms with Crippen molar-refractivity contribution in [3.8, 4) is 23.1 Å². The van der Waals surface area contributed by atoms with Gasteiger partial charge in [0.25, 0.3) is 5.91 Å². The maximum absolute atomic E-state index is 11.9. The van der Waals surface area contributed by atoms with Gasteiger partial charge in [-0.25, -0.2) is 0 Å². The fraction of sp³-hybridized carbons (Fsp3) is 0.192. The van der Waals surface area contributed by atoms with Crippen LogP contribution in [0, 0.1) is 6.92 Å². The SMILES string of the molecule is C=CC(=O)N[C@H]1CCN(c2ccc(C(N)=O)c(Oc3ccc(Oc4ccc(C)cc4)cc3)n2)C1. The molecule has 0 unspecified atom stereocenters. The number of hydrogen-bond acceptors (Lipinski definition) is 6. The van der Waals surface area contributed by atoms with Gasteiger partial charge in [0.2, 0.25) is 11.8 Å². The Kier molecular flexibility index (Phi) is 6.77. The largest absolute Gasteiger partial charge is 0.457 e. The number of amides is 2. The van der Waals surface area contributed by atoms with E-state index >= 15 is 0 Å². The van der Waals surface area contributed by atoms with E-state index < -0.39 is 5.91 Å². The number of aryl methyl sites for hydroxylation is 1. The normalized spacial score (nSPS) is 15.0. The van der Waals surface area contributed by atoms with Crippen molar-refractivity contribution in [1.29, 1.82) is 0 Å². The van der Waals surface area contributed by atoms with Gasteiger partial charge in [0, 0.05) is 19.1 Å². The number of ether oxygens (including phenoxy) is 2. The molecule has 1 saturated heterocycles. The first-order valence-electron chi connectivity index (χ1n) is 10.9. The minimum absolute atomic E-state index is 0.00596. The van der Waals surface area contributed by atoms with Crippen molar-refractivity contribution in [2.24, 2.45) is 5.73 Å².